The Bertz CT molecular complexity index is 599. The van der Waals surface area contributed by atoms with E-state index in [0.29, 0.717) is 12.6 Å². The van der Waals surface area contributed by atoms with E-state index in [1.54, 1.807) is 18.3 Å². The summed E-state index contributed by atoms with van der Waals surface area (Å²) in [4.78, 5) is 6.78. The Labute approximate surface area is 118 Å². The van der Waals surface area contributed by atoms with Crippen LogP contribution >= 0.6 is 0 Å². The van der Waals surface area contributed by atoms with Crippen molar-refractivity contribution in [3.8, 4) is 0 Å². The van der Waals surface area contributed by atoms with Gasteiger partial charge >= 0.3 is 0 Å². The van der Waals surface area contributed by atoms with Crippen molar-refractivity contribution in [2.24, 2.45) is 5.73 Å². The molecule has 2 N–H and O–H groups in total. The van der Waals surface area contributed by atoms with E-state index in [1.807, 2.05) is 12.1 Å². The average Bonchev–Trinajstić information content (AvgIpc) is 2.47. The monoisotopic (exact) mass is 273 g/mol. The minimum Gasteiger partial charge on any atom is -0.329 e. The van der Waals surface area contributed by atoms with Crippen molar-refractivity contribution < 1.29 is 4.39 Å². The number of hydrogen-bond acceptors (Lipinski definition) is 3. The van der Waals surface area contributed by atoms with Crippen LogP contribution < -0.4 is 5.73 Å². The van der Waals surface area contributed by atoms with Gasteiger partial charge in [0, 0.05) is 30.7 Å². The molecule has 1 aromatic carbocycles. The summed E-state index contributed by atoms with van der Waals surface area (Å²) in [5.74, 6) is -0.193. The van der Waals surface area contributed by atoms with E-state index in [1.165, 1.54) is 12.8 Å². The van der Waals surface area contributed by atoms with Crippen LogP contribution in [-0.4, -0.2) is 29.0 Å². The molecule has 106 valence electrons. The molecule has 20 heavy (non-hydrogen) atoms. The predicted octanol–water partition coefficient (Wildman–Crippen LogP) is 2.69. The summed E-state index contributed by atoms with van der Waals surface area (Å²) in [6, 6.07) is 7.31. The molecule has 1 aliphatic heterocycles. The quantitative estimate of drug-likeness (QED) is 0.935. The van der Waals surface area contributed by atoms with Gasteiger partial charge in [-0.15, -0.1) is 0 Å². The fourth-order valence-electron chi connectivity index (χ4n) is 3.10. The lowest BCUT2D eigenvalue weighted by Crippen LogP contribution is -2.43. The predicted molar refractivity (Wildman–Crippen MR) is 78.8 cm³/mol. The molecule has 3 nitrogen and oxygen atoms in total. The number of halogens is 1. The van der Waals surface area contributed by atoms with E-state index in [2.05, 4.69) is 9.88 Å². The molecule has 4 heteroatoms. The fraction of sp³-hybridized carbons (Fsp3) is 0.438. The largest absolute Gasteiger partial charge is 0.329 e. The third-order valence-electron chi connectivity index (χ3n) is 4.14. The molecule has 0 spiro atoms. The van der Waals surface area contributed by atoms with Crippen LogP contribution in [0.25, 0.3) is 10.9 Å². The first-order valence-electron chi connectivity index (χ1n) is 7.25. The van der Waals surface area contributed by atoms with Crippen LogP contribution in [0.2, 0.25) is 0 Å². The van der Waals surface area contributed by atoms with Crippen molar-refractivity contribution in [2.45, 2.75) is 31.8 Å². The summed E-state index contributed by atoms with van der Waals surface area (Å²) in [5.41, 5.74) is 7.72. The highest BCUT2D eigenvalue weighted by Gasteiger charge is 2.22. The molecule has 1 fully saturated rings. The van der Waals surface area contributed by atoms with Gasteiger partial charge in [0.2, 0.25) is 0 Å². The first kappa shape index (κ1) is 13.5. The van der Waals surface area contributed by atoms with E-state index < -0.39 is 0 Å². The van der Waals surface area contributed by atoms with Gasteiger partial charge in [0.1, 0.15) is 5.82 Å². The smallest absolute Gasteiger partial charge is 0.124 e. The zero-order chi connectivity index (χ0) is 13.9. The van der Waals surface area contributed by atoms with Crippen LogP contribution in [0.5, 0.6) is 0 Å². The van der Waals surface area contributed by atoms with Gasteiger partial charge in [-0.05, 0) is 43.1 Å². The molecule has 1 aromatic heterocycles. The lowest BCUT2D eigenvalue weighted by molar-refractivity contribution is 0.145. The molecular formula is C16H20FN3. The number of piperidine rings is 1. The van der Waals surface area contributed by atoms with Crippen molar-refractivity contribution >= 4 is 10.9 Å². The first-order valence-corrected chi connectivity index (χ1v) is 7.25. The molecule has 0 aliphatic carbocycles. The van der Waals surface area contributed by atoms with Crippen molar-refractivity contribution in [3.05, 3.63) is 41.8 Å². The van der Waals surface area contributed by atoms with E-state index in [0.717, 1.165) is 36.0 Å². The minimum absolute atomic E-state index is 0.193. The molecular weight excluding hydrogens is 253 g/mol. The summed E-state index contributed by atoms with van der Waals surface area (Å²) in [5, 5.41) is 0.865. The van der Waals surface area contributed by atoms with E-state index in [-0.39, 0.29) is 5.82 Å². The van der Waals surface area contributed by atoms with Crippen molar-refractivity contribution in [1.29, 1.82) is 0 Å². The van der Waals surface area contributed by atoms with Gasteiger partial charge in [0.25, 0.3) is 0 Å². The van der Waals surface area contributed by atoms with Crippen LogP contribution in [0.3, 0.4) is 0 Å². The number of nitrogens with zero attached hydrogens (tertiary/aromatic N) is 2. The SMILES string of the molecule is NCC1CCCCN1Cc1cc(F)cc2cccnc12. The number of nitrogens with two attached hydrogens (primary N) is 1. The number of benzene rings is 1. The Morgan fingerprint density at radius 2 is 2.25 bits per heavy atom. The lowest BCUT2D eigenvalue weighted by atomic mass is 10.0. The maximum atomic E-state index is 13.8. The molecule has 0 saturated carbocycles. The van der Waals surface area contributed by atoms with Gasteiger partial charge in [0.15, 0.2) is 0 Å². The molecule has 1 atom stereocenters. The maximum absolute atomic E-state index is 13.8. The van der Waals surface area contributed by atoms with Crippen molar-refractivity contribution in [3.63, 3.8) is 0 Å². The lowest BCUT2D eigenvalue weighted by Gasteiger charge is -2.35. The average molecular weight is 273 g/mol. The molecule has 1 aliphatic rings. The van der Waals surface area contributed by atoms with Gasteiger partial charge in [-0.25, -0.2) is 4.39 Å². The van der Waals surface area contributed by atoms with Crippen LogP contribution in [0.15, 0.2) is 30.5 Å². The zero-order valence-electron chi connectivity index (χ0n) is 11.6. The Hall–Kier alpha value is -1.52. The molecule has 0 bridgehead atoms. The van der Waals surface area contributed by atoms with E-state index >= 15 is 0 Å². The fourth-order valence-corrected chi connectivity index (χ4v) is 3.10. The molecule has 2 heterocycles. The zero-order valence-corrected chi connectivity index (χ0v) is 11.6. The van der Waals surface area contributed by atoms with Gasteiger partial charge in [-0.3, -0.25) is 9.88 Å². The maximum Gasteiger partial charge on any atom is 0.124 e. The standard InChI is InChI=1S/C16H20FN3/c17-14-8-12-4-3-6-19-16(12)13(9-14)11-20-7-2-1-5-15(20)10-18/h3-4,6,8-9,15H,1-2,5,7,10-11,18H2. The summed E-state index contributed by atoms with van der Waals surface area (Å²) in [7, 11) is 0. The highest BCUT2D eigenvalue weighted by Crippen LogP contribution is 2.23. The topological polar surface area (TPSA) is 42.1 Å². The number of fused-ring (bicyclic) bond motifs is 1. The number of likely N-dealkylation sites (tertiary alicyclic amines) is 1. The summed E-state index contributed by atoms with van der Waals surface area (Å²) in [6.07, 6.45) is 5.33. The molecule has 0 radical (unpaired) electrons. The van der Waals surface area contributed by atoms with Gasteiger partial charge < -0.3 is 5.73 Å². The van der Waals surface area contributed by atoms with Gasteiger partial charge in [-0.2, -0.15) is 0 Å². The summed E-state index contributed by atoms with van der Waals surface area (Å²) >= 11 is 0. The number of hydrogen-bond donors (Lipinski definition) is 1. The Morgan fingerprint density at radius 1 is 1.35 bits per heavy atom. The van der Waals surface area contributed by atoms with Crippen LogP contribution in [0.4, 0.5) is 4.39 Å². The second kappa shape index (κ2) is 5.85. The molecule has 1 unspecified atom stereocenters. The van der Waals surface area contributed by atoms with Crippen LogP contribution in [0, 0.1) is 5.82 Å². The Morgan fingerprint density at radius 3 is 3.10 bits per heavy atom. The third-order valence-corrected chi connectivity index (χ3v) is 4.14. The Balaban J connectivity index is 1.93. The van der Waals surface area contributed by atoms with Gasteiger partial charge in [-0.1, -0.05) is 12.5 Å². The molecule has 0 amide bonds. The van der Waals surface area contributed by atoms with E-state index in [4.69, 9.17) is 5.73 Å². The molecule has 1 saturated heterocycles. The summed E-state index contributed by atoms with van der Waals surface area (Å²) < 4.78 is 13.8. The minimum atomic E-state index is -0.193. The molecule has 3 rings (SSSR count). The second-order valence-electron chi connectivity index (χ2n) is 5.50. The normalized spacial score (nSPS) is 20.4. The highest BCUT2D eigenvalue weighted by molar-refractivity contribution is 5.81. The van der Waals surface area contributed by atoms with E-state index in [9.17, 15) is 4.39 Å². The number of aromatic nitrogens is 1. The number of pyridine rings is 1. The molecule has 2 aromatic rings. The summed E-state index contributed by atoms with van der Waals surface area (Å²) in [6.45, 7) is 2.43. The first-order chi connectivity index (χ1) is 9.78. The van der Waals surface area contributed by atoms with Crippen molar-refractivity contribution in [2.75, 3.05) is 13.1 Å². The van der Waals surface area contributed by atoms with Crippen LogP contribution in [-0.2, 0) is 6.54 Å². The van der Waals surface area contributed by atoms with Gasteiger partial charge in [0.05, 0.1) is 5.52 Å². The number of rotatable bonds is 3. The van der Waals surface area contributed by atoms with Crippen LogP contribution in [0.1, 0.15) is 24.8 Å². The third kappa shape index (κ3) is 2.67. The van der Waals surface area contributed by atoms with Crippen molar-refractivity contribution in [1.82, 2.24) is 9.88 Å². The highest BCUT2D eigenvalue weighted by atomic mass is 19.1. The second-order valence-corrected chi connectivity index (χ2v) is 5.50. The Kier molecular flexibility index (Phi) is 3.94.